The maximum atomic E-state index is 11.5. The van der Waals surface area contributed by atoms with Gasteiger partial charge in [-0.1, -0.05) is 17.7 Å². The zero-order valence-corrected chi connectivity index (χ0v) is 17.4. The lowest BCUT2D eigenvalue weighted by atomic mass is 9.87. The summed E-state index contributed by atoms with van der Waals surface area (Å²) in [5.41, 5.74) is 5.81. The van der Waals surface area contributed by atoms with Gasteiger partial charge in [-0.15, -0.1) is 11.6 Å². The van der Waals surface area contributed by atoms with Crippen LogP contribution >= 0.6 is 23.2 Å². The predicted molar refractivity (Wildman–Crippen MR) is 113 cm³/mol. The van der Waals surface area contributed by atoms with Crippen LogP contribution in [0.5, 0.6) is 0 Å². The van der Waals surface area contributed by atoms with Crippen molar-refractivity contribution in [2.24, 2.45) is 0 Å². The number of benzene rings is 1. The number of carbonyl (C=O) groups is 1. The highest BCUT2D eigenvalue weighted by Gasteiger charge is 2.30. The second kappa shape index (κ2) is 8.05. The maximum Gasteiger partial charge on any atom is 0.407 e. The van der Waals surface area contributed by atoms with Gasteiger partial charge in [0.15, 0.2) is 0 Å². The molecule has 4 rings (SSSR count). The van der Waals surface area contributed by atoms with Crippen LogP contribution in [0.4, 0.5) is 4.79 Å². The second-order valence-electron chi connectivity index (χ2n) is 6.91. The van der Waals surface area contributed by atoms with Gasteiger partial charge < -0.3 is 10.0 Å². The molecule has 2 aromatic heterocycles. The summed E-state index contributed by atoms with van der Waals surface area (Å²) in [6.45, 7) is 2.31. The molecule has 0 saturated carbocycles. The first-order valence-corrected chi connectivity index (χ1v) is 10.2. The Balaban J connectivity index is 1.86. The zero-order valence-electron chi connectivity index (χ0n) is 15.8. The van der Waals surface area contributed by atoms with Gasteiger partial charge in [0.25, 0.3) is 0 Å². The number of carboxylic acid groups (broad SMARTS) is 1. The van der Waals surface area contributed by atoms with E-state index in [-0.39, 0.29) is 6.54 Å². The quantitative estimate of drug-likeness (QED) is 0.580. The molecule has 0 radical (unpaired) electrons. The molecule has 1 atom stereocenters. The molecule has 8 heteroatoms. The number of nitrogens with zero attached hydrogens (tertiary/aromatic N) is 4. The number of amides is 1. The number of aryl methyl sites for hydroxylation is 1. The lowest BCUT2D eigenvalue weighted by Gasteiger charge is -2.22. The Labute approximate surface area is 178 Å². The Morgan fingerprint density at radius 1 is 1.28 bits per heavy atom. The minimum Gasteiger partial charge on any atom is -0.465 e. The molecule has 0 aliphatic heterocycles. The van der Waals surface area contributed by atoms with Gasteiger partial charge in [0.2, 0.25) is 0 Å². The number of fused-ring (bicyclic) bond motifs is 3. The molecule has 0 spiro atoms. The van der Waals surface area contributed by atoms with E-state index in [1.807, 2.05) is 35.0 Å². The fraction of sp³-hybridized carbons (Fsp3) is 0.286. The Morgan fingerprint density at radius 3 is 2.72 bits per heavy atom. The van der Waals surface area contributed by atoms with Crippen molar-refractivity contribution in [1.82, 2.24) is 19.7 Å². The maximum absolute atomic E-state index is 11.5. The van der Waals surface area contributed by atoms with Crippen molar-refractivity contribution in [3.8, 4) is 16.8 Å². The third kappa shape index (κ3) is 3.70. The van der Waals surface area contributed by atoms with Crippen LogP contribution < -0.4 is 0 Å². The second-order valence-corrected chi connectivity index (χ2v) is 7.88. The Morgan fingerprint density at radius 2 is 2.03 bits per heavy atom. The molecule has 2 heterocycles. The van der Waals surface area contributed by atoms with Crippen LogP contribution in [0.25, 0.3) is 16.8 Å². The molecule has 0 saturated heterocycles. The van der Waals surface area contributed by atoms with E-state index in [0.717, 1.165) is 40.9 Å². The molecule has 0 bridgehead atoms. The first-order valence-electron chi connectivity index (χ1n) is 9.42. The normalized spacial score (nSPS) is 13.5. The molecule has 0 fully saturated rings. The van der Waals surface area contributed by atoms with E-state index in [4.69, 9.17) is 28.3 Å². The van der Waals surface area contributed by atoms with Gasteiger partial charge in [0.05, 0.1) is 22.5 Å². The van der Waals surface area contributed by atoms with E-state index < -0.39 is 11.5 Å². The lowest BCUT2D eigenvalue weighted by Crippen LogP contribution is -2.32. The number of rotatable bonds is 5. The Hall–Kier alpha value is -2.57. The van der Waals surface area contributed by atoms with Gasteiger partial charge in [-0.3, -0.25) is 4.98 Å². The van der Waals surface area contributed by atoms with Crippen LogP contribution in [-0.4, -0.2) is 44.0 Å². The molecule has 29 heavy (non-hydrogen) atoms. The fourth-order valence-electron chi connectivity index (χ4n) is 3.80. The van der Waals surface area contributed by atoms with Gasteiger partial charge in [-0.05, 0) is 55.2 Å². The van der Waals surface area contributed by atoms with Crippen LogP contribution in [0.15, 0.2) is 42.7 Å². The number of aromatic nitrogens is 3. The summed E-state index contributed by atoms with van der Waals surface area (Å²) in [7, 11) is 0. The largest absolute Gasteiger partial charge is 0.465 e. The molecule has 1 aliphatic carbocycles. The Bertz CT molecular complexity index is 1050. The SMILES string of the molecule is CCN(CC(Cl)c1nn(-c2ccncc2)c2c1-c1ccc(Cl)cc1CC2)C(=O)O. The average Bonchev–Trinajstić information content (AvgIpc) is 3.12. The molecule has 1 aliphatic rings. The van der Waals surface area contributed by atoms with E-state index in [9.17, 15) is 9.90 Å². The van der Waals surface area contributed by atoms with E-state index in [0.29, 0.717) is 17.3 Å². The average molecular weight is 431 g/mol. The van der Waals surface area contributed by atoms with Crippen LogP contribution in [0.3, 0.4) is 0 Å². The monoisotopic (exact) mass is 430 g/mol. The summed E-state index contributed by atoms with van der Waals surface area (Å²) >= 11 is 12.9. The van der Waals surface area contributed by atoms with Crippen molar-refractivity contribution in [1.29, 1.82) is 0 Å². The molecule has 1 N–H and O–H groups in total. The third-order valence-electron chi connectivity index (χ3n) is 5.21. The van der Waals surface area contributed by atoms with Crippen molar-refractivity contribution < 1.29 is 9.90 Å². The smallest absolute Gasteiger partial charge is 0.407 e. The first kappa shape index (κ1) is 19.7. The number of likely N-dealkylation sites (N-methyl/N-ethyl adjacent to an activating group) is 1. The summed E-state index contributed by atoms with van der Waals surface area (Å²) in [6, 6.07) is 9.63. The molecular formula is C21H20Cl2N4O2. The molecule has 1 unspecified atom stereocenters. The fourth-order valence-corrected chi connectivity index (χ4v) is 4.32. The topological polar surface area (TPSA) is 71.2 Å². The number of hydrogen-bond donors (Lipinski definition) is 1. The molecule has 3 aromatic rings. The number of halogens is 2. The molecular weight excluding hydrogens is 411 g/mol. The third-order valence-corrected chi connectivity index (χ3v) is 5.79. The summed E-state index contributed by atoms with van der Waals surface area (Å²) < 4.78 is 1.90. The number of hydrogen-bond acceptors (Lipinski definition) is 3. The predicted octanol–water partition coefficient (Wildman–Crippen LogP) is 4.97. The minimum absolute atomic E-state index is 0.163. The van der Waals surface area contributed by atoms with Crippen molar-refractivity contribution >= 4 is 29.3 Å². The first-order chi connectivity index (χ1) is 14.0. The van der Waals surface area contributed by atoms with E-state index in [2.05, 4.69) is 4.98 Å². The van der Waals surface area contributed by atoms with Crippen LogP contribution in [-0.2, 0) is 12.8 Å². The summed E-state index contributed by atoms with van der Waals surface area (Å²) in [5, 5.41) is 14.3. The molecule has 1 amide bonds. The van der Waals surface area contributed by atoms with Crippen molar-refractivity contribution in [2.75, 3.05) is 13.1 Å². The van der Waals surface area contributed by atoms with Gasteiger partial charge in [-0.25, -0.2) is 9.48 Å². The highest BCUT2D eigenvalue weighted by molar-refractivity contribution is 6.30. The van der Waals surface area contributed by atoms with E-state index >= 15 is 0 Å². The van der Waals surface area contributed by atoms with Gasteiger partial charge in [-0.2, -0.15) is 5.10 Å². The molecule has 150 valence electrons. The summed E-state index contributed by atoms with van der Waals surface area (Å²) in [6.07, 6.45) is 4.09. The van der Waals surface area contributed by atoms with Crippen LogP contribution in [0, 0.1) is 0 Å². The van der Waals surface area contributed by atoms with Crippen LogP contribution in [0.1, 0.15) is 29.3 Å². The Kier molecular flexibility index (Phi) is 5.48. The summed E-state index contributed by atoms with van der Waals surface area (Å²) in [5.74, 6) is 0. The lowest BCUT2D eigenvalue weighted by molar-refractivity contribution is 0.147. The zero-order chi connectivity index (χ0) is 20.5. The van der Waals surface area contributed by atoms with Gasteiger partial charge in [0, 0.05) is 36.1 Å². The number of pyridine rings is 1. The highest BCUT2D eigenvalue weighted by atomic mass is 35.5. The van der Waals surface area contributed by atoms with Crippen molar-refractivity contribution in [2.45, 2.75) is 25.1 Å². The van der Waals surface area contributed by atoms with Crippen molar-refractivity contribution in [3.63, 3.8) is 0 Å². The standard InChI is InChI=1S/C21H20Cl2N4O2/c1-2-26(21(28)29)12-17(23)20-19-16-5-4-14(22)11-13(16)3-6-18(19)27(25-20)15-7-9-24-10-8-15/h4-5,7-11,17H,2-3,6,12H2,1H3,(H,28,29). The van der Waals surface area contributed by atoms with Crippen LogP contribution in [0.2, 0.25) is 5.02 Å². The minimum atomic E-state index is -0.993. The van der Waals surface area contributed by atoms with Gasteiger partial charge >= 0.3 is 6.09 Å². The highest BCUT2D eigenvalue weighted by Crippen LogP contribution is 2.41. The number of alkyl halides is 1. The molecule has 1 aromatic carbocycles. The van der Waals surface area contributed by atoms with Gasteiger partial charge in [0.1, 0.15) is 0 Å². The van der Waals surface area contributed by atoms with E-state index in [1.165, 1.54) is 4.90 Å². The van der Waals surface area contributed by atoms with E-state index in [1.54, 1.807) is 19.3 Å². The van der Waals surface area contributed by atoms with Crippen molar-refractivity contribution in [3.05, 3.63) is 64.7 Å². The summed E-state index contributed by atoms with van der Waals surface area (Å²) in [4.78, 5) is 16.8. The molecule has 6 nitrogen and oxygen atoms in total.